The van der Waals surface area contributed by atoms with Crippen LogP contribution in [0.15, 0.2) is 22.8 Å². The average Bonchev–Trinajstić information content (AvgIpc) is 3.19. The molecule has 2 aliphatic rings. The second kappa shape index (κ2) is 6.34. The normalized spacial score (nSPS) is 18.5. The molecule has 2 saturated heterocycles. The molecule has 0 bridgehead atoms. The lowest BCUT2D eigenvalue weighted by molar-refractivity contribution is -0.137. The Kier molecular flexibility index (Phi) is 4.24. The molecule has 0 saturated carbocycles. The summed E-state index contributed by atoms with van der Waals surface area (Å²) in [5.74, 6) is -0.607. The smallest absolute Gasteiger partial charge is 0.327 e. The molecule has 24 heavy (non-hydrogen) atoms. The van der Waals surface area contributed by atoms with Crippen LogP contribution in [0.3, 0.4) is 0 Å². The highest BCUT2D eigenvalue weighted by molar-refractivity contribution is 6.04. The molecule has 5 amide bonds. The van der Waals surface area contributed by atoms with Gasteiger partial charge < -0.3 is 19.1 Å². The summed E-state index contributed by atoms with van der Waals surface area (Å²) in [5.41, 5.74) is 0. The third-order valence-electron chi connectivity index (χ3n) is 4.18. The molecule has 1 aromatic rings. The van der Waals surface area contributed by atoms with Gasteiger partial charge in [-0.2, -0.15) is 0 Å². The van der Waals surface area contributed by atoms with E-state index in [4.69, 9.17) is 4.42 Å². The van der Waals surface area contributed by atoms with Gasteiger partial charge in [-0.1, -0.05) is 0 Å². The average molecular weight is 334 g/mol. The maximum absolute atomic E-state index is 12.3. The number of rotatable bonds is 3. The van der Waals surface area contributed by atoms with Crippen molar-refractivity contribution in [3.05, 3.63) is 24.2 Å². The molecule has 3 heterocycles. The molecule has 0 aliphatic carbocycles. The van der Waals surface area contributed by atoms with Crippen LogP contribution < -0.4 is 0 Å². The molecule has 2 aliphatic heterocycles. The van der Waals surface area contributed by atoms with Gasteiger partial charge in [-0.25, -0.2) is 4.79 Å². The van der Waals surface area contributed by atoms with Crippen molar-refractivity contribution in [2.75, 3.05) is 46.3 Å². The largest absolute Gasteiger partial charge is 0.459 e. The van der Waals surface area contributed by atoms with Crippen molar-refractivity contribution in [2.24, 2.45) is 0 Å². The Morgan fingerprint density at radius 3 is 2.33 bits per heavy atom. The van der Waals surface area contributed by atoms with Gasteiger partial charge in [0.25, 0.3) is 11.8 Å². The van der Waals surface area contributed by atoms with Crippen molar-refractivity contribution in [1.82, 2.24) is 19.6 Å². The summed E-state index contributed by atoms with van der Waals surface area (Å²) < 4.78 is 5.09. The van der Waals surface area contributed by atoms with Crippen LogP contribution in [0, 0.1) is 0 Å². The Hall–Kier alpha value is -2.84. The fourth-order valence-electron chi connectivity index (χ4n) is 2.77. The van der Waals surface area contributed by atoms with E-state index in [9.17, 15) is 19.2 Å². The van der Waals surface area contributed by atoms with Crippen molar-refractivity contribution in [3.8, 4) is 0 Å². The van der Waals surface area contributed by atoms with Crippen LogP contribution in [0.4, 0.5) is 4.79 Å². The summed E-state index contributed by atoms with van der Waals surface area (Å²) in [6.07, 6.45) is 1.44. The van der Waals surface area contributed by atoms with Crippen molar-refractivity contribution < 1.29 is 23.6 Å². The van der Waals surface area contributed by atoms with Crippen molar-refractivity contribution in [1.29, 1.82) is 0 Å². The molecule has 2 fully saturated rings. The van der Waals surface area contributed by atoms with Gasteiger partial charge in [-0.05, 0) is 12.1 Å². The zero-order valence-corrected chi connectivity index (χ0v) is 13.3. The number of carbonyl (C=O) groups excluding carboxylic acids is 4. The van der Waals surface area contributed by atoms with Gasteiger partial charge in [0, 0.05) is 33.2 Å². The van der Waals surface area contributed by atoms with E-state index in [0.29, 0.717) is 26.2 Å². The van der Waals surface area contributed by atoms with E-state index in [1.54, 1.807) is 21.9 Å². The number of hydrogen-bond donors (Lipinski definition) is 0. The van der Waals surface area contributed by atoms with Crippen LogP contribution in [-0.4, -0.2) is 89.7 Å². The number of amides is 5. The standard InChI is InChI=1S/C15H18N4O5/c1-16-9-13(21)19(15(16)23)10-12(20)17-4-6-18(7-5-17)14(22)11-3-2-8-24-11/h2-3,8H,4-7,9-10H2,1H3. The van der Waals surface area contributed by atoms with E-state index in [1.807, 2.05) is 0 Å². The highest BCUT2D eigenvalue weighted by atomic mass is 16.3. The van der Waals surface area contributed by atoms with Crippen molar-refractivity contribution >= 4 is 23.8 Å². The minimum Gasteiger partial charge on any atom is -0.459 e. The molecule has 9 nitrogen and oxygen atoms in total. The number of imide groups is 1. The van der Waals surface area contributed by atoms with Crippen LogP contribution >= 0.6 is 0 Å². The number of hydrogen-bond acceptors (Lipinski definition) is 5. The van der Waals surface area contributed by atoms with Crippen molar-refractivity contribution in [3.63, 3.8) is 0 Å². The lowest BCUT2D eigenvalue weighted by Crippen LogP contribution is -2.53. The number of nitrogens with zero attached hydrogens (tertiary/aromatic N) is 4. The van der Waals surface area contributed by atoms with E-state index < -0.39 is 6.03 Å². The zero-order chi connectivity index (χ0) is 17.3. The second-order valence-corrected chi connectivity index (χ2v) is 5.77. The summed E-state index contributed by atoms with van der Waals surface area (Å²) in [4.78, 5) is 53.4. The molecule has 1 aromatic heterocycles. The topological polar surface area (TPSA) is 94.4 Å². The van der Waals surface area contributed by atoms with E-state index in [0.717, 1.165) is 4.90 Å². The van der Waals surface area contributed by atoms with Gasteiger partial charge in [-0.3, -0.25) is 19.3 Å². The lowest BCUT2D eigenvalue weighted by Gasteiger charge is -2.34. The highest BCUT2D eigenvalue weighted by Crippen LogP contribution is 2.12. The van der Waals surface area contributed by atoms with Crippen molar-refractivity contribution in [2.45, 2.75) is 0 Å². The Labute approximate surface area is 138 Å². The number of urea groups is 1. The van der Waals surface area contributed by atoms with Gasteiger partial charge in [0.2, 0.25) is 5.91 Å². The summed E-state index contributed by atoms with van der Waals surface area (Å²) >= 11 is 0. The van der Waals surface area contributed by atoms with E-state index in [2.05, 4.69) is 0 Å². The lowest BCUT2D eigenvalue weighted by atomic mass is 10.2. The first-order valence-corrected chi connectivity index (χ1v) is 7.63. The Morgan fingerprint density at radius 2 is 1.79 bits per heavy atom. The zero-order valence-electron chi connectivity index (χ0n) is 13.3. The number of carbonyl (C=O) groups is 4. The highest BCUT2D eigenvalue weighted by Gasteiger charge is 2.36. The van der Waals surface area contributed by atoms with E-state index in [-0.39, 0.29) is 36.6 Å². The van der Waals surface area contributed by atoms with E-state index in [1.165, 1.54) is 18.2 Å². The first kappa shape index (κ1) is 16.0. The van der Waals surface area contributed by atoms with Crippen LogP contribution in [-0.2, 0) is 9.59 Å². The molecular formula is C15H18N4O5. The van der Waals surface area contributed by atoms with E-state index >= 15 is 0 Å². The van der Waals surface area contributed by atoms with Crippen LogP contribution in [0.25, 0.3) is 0 Å². The molecule has 0 radical (unpaired) electrons. The molecule has 128 valence electrons. The molecule has 0 atom stereocenters. The quantitative estimate of drug-likeness (QED) is 0.692. The predicted octanol–water partition coefficient (Wildman–Crippen LogP) is -0.542. The number of furan rings is 1. The fourth-order valence-corrected chi connectivity index (χ4v) is 2.77. The maximum atomic E-state index is 12.3. The van der Waals surface area contributed by atoms with Crippen LogP contribution in [0.5, 0.6) is 0 Å². The summed E-state index contributed by atoms with van der Waals surface area (Å²) in [5, 5.41) is 0. The van der Waals surface area contributed by atoms with Gasteiger partial charge in [0.15, 0.2) is 5.76 Å². The first-order chi connectivity index (χ1) is 11.5. The van der Waals surface area contributed by atoms with Gasteiger partial charge in [0.1, 0.15) is 13.1 Å². The minimum atomic E-state index is -0.458. The summed E-state index contributed by atoms with van der Waals surface area (Å²) in [6, 6.07) is 2.79. The first-order valence-electron chi connectivity index (χ1n) is 7.63. The molecule has 3 rings (SSSR count). The second-order valence-electron chi connectivity index (χ2n) is 5.77. The van der Waals surface area contributed by atoms with Gasteiger partial charge in [0.05, 0.1) is 6.26 Å². The van der Waals surface area contributed by atoms with Crippen LogP contribution in [0.2, 0.25) is 0 Å². The Balaban J connectivity index is 1.53. The molecule has 0 aromatic carbocycles. The molecule has 0 N–H and O–H groups in total. The Morgan fingerprint density at radius 1 is 1.12 bits per heavy atom. The predicted molar refractivity (Wildman–Crippen MR) is 80.9 cm³/mol. The summed E-state index contributed by atoms with van der Waals surface area (Å²) in [7, 11) is 1.52. The molecule has 9 heteroatoms. The third kappa shape index (κ3) is 2.97. The SMILES string of the molecule is CN1CC(=O)N(CC(=O)N2CCN(C(=O)c3ccco3)CC2)C1=O. The van der Waals surface area contributed by atoms with Gasteiger partial charge in [-0.15, -0.1) is 0 Å². The molecular weight excluding hydrogens is 316 g/mol. The molecule has 0 unspecified atom stereocenters. The van der Waals surface area contributed by atoms with Crippen LogP contribution in [0.1, 0.15) is 10.6 Å². The van der Waals surface area contributed by atoms with Gasteiger partial charge >= 0.3 is 6.03 Å². The monoisotopic (exact) mass is 334 g/mol. The molecule has 0 spiro atoms. The third-order valence-corrected chi connectivity index (χ3v) is 4.18. The number of piperazine rings is 1. The Bertz CT molecular complexity index is 663. The number of likely N-dealkylation sites (N-methyl/N-ethyl adjacent to an activating group) is 1. The maximum Gasteiger partial charge on any atom is 0.327 e. The fraction of sp³-hybridized carbons (Fsp3) is 0.467. The summed E-state index contributed by atoms with van der Waals surface area (Å²) in [6.45, 7) is 1.22. The minimum absolute atomic E-state index is 0.00244.